The van der Waals surface area contributed by atoms with Gasteiger partial charge in [-0.15, -0.1) is 0 Å². The van der Waals surface area contributed by atoms with Crippen molar-refractivity contribution in [1.82, 2.24) is 5.32 Å². The van der Waals surface area contributed by atoms with Gasteiger partial charge in [0, 0.05) is 6.42 Å². The molecule has 5 nitrogen and oxygen atoms in total. The predicted molar refractivity (Wildman–Crippen MR) is 167 cm³/mol. The number of aliphatic hydroxyl groups excluding tert-OH is 3. The highest BCUT2D eigenvalue weighted by Crippen LogP contribution is 2.15. The van der Waals surface area contributed by atoms with Crippen molar-refractivity contribution in [3.63, 3.8) is 0 Å². The number of carbonyl (C=O) groups is 1. The Bertz CT molecular complexity index is 539. The first-order valence-electron chi connectivity index (χ1n) is 17.0. The summed E-state index contributed by atoms with van der Waals surface area (Å²) in [4.78, 5) is 12.3. The van der Waals surface area contributed by atoms with Crippen molar-refractivity contribution in [2.24, 2.45) is 0 Å². The van der Waals surface area contributed by atoms with Crippen LogP contribution in [0.25, 0.3) is 0 Å². The van der Waals surface area contributed by atoms with Crippen LogP contribution in [0.15, 0.2) is 12.2 Å². The zero-order chi connectivity index (χ0) is 28.8. The lowest BCUT2D eigenvalue weighted by molar-refractivity contribution is -0.124. The number of hydrogen-bond acceptors (Lipinski definition) is 4. The van der Waals surface area contributed by atoms with Crippen molar-refractivity contribution in [3.8, 4) is 0 Å². The van der Waals surface area contributed by atoms with E-state index in [1.807, 2.05) is 0 Å². The largest absolute Gasteiger partial charge is 0.394 e. The normalized spacial score (nSPS) is 14.1. The van der Waals surface area contributed by atoms with Crippen molar-refractivity contribution in [2.75, 3.05) is 6.61 Å². The first kappa shape index (κ1) is 38.1. The van der Waals surface area contributed by atoms with Crippen molar-refractivity contribution in [2.45, 2.75) is 193 Å². The molecule has 3 atom stereocenters. The molecule has 0 rings (SSSR count). The van der Waals surface area contributed by atoms with Gasteiger partial charge in [-0.25, -0.2) is 0 Å². The Hall–Kier alpha value is -0.910. The van der Waals surface area contributed by atoms with Crippen LogP contribution in [0.4, 0.5) is 0 Å². The second-order valence-corrected chi connectivity index (χ2v) is 11.7. The van der Waals surface area contributed by atoms with Crippen LogP contribution in [0.2, 0.25) is 0 Å². The SMILES string of the molecule is CCCCCC/C=C/CCCC(O)C(O)C(CO)NC(=O)CCCCCCCCCCCCCCCCCC. The van der Waals surface area contributed by atoms with Crippen molar-refractivity contribution in [3.05, 3.63) is 12.2 Å². The van der Waals surface area contributed by atoms with E-state index in [-0.39, 0.29) is 12.5 Å². The summed E-state index contributed by atoms with van der Waals surface area (Å²) in [7, 11) is 0. The monoisotopic (exact) mass is 554 g/mol. The Morgan fingerprint density at radius 1 is 0.615 bits per heavy atom. The Morgan fingerprint density at radius 3 is 1.49 bits per heavy atom. The molecule has 1 amide bonds. The second-order valence-electron chi connectivity index (χ2n) is 11.7. The molecule has 0 radical (unpaired) electrons. The number of hydrogen-bond donors (Lipinski definition) is 4. The molecule has 0 aliphatic rings. The van der Waals surface area contributed by atoms with Gasteiger partial charge >= 0.3 is 0 Å². The third kappa shape index (κ3) is 25.8. The van der Waals surface area contributed by atoms with Crippen LogP contribution in [-0.2, 0) is 4.79 Å². The molecule has 0 saturated heterocycles. The fourth-order valence-electron chi connectivity index (χ4n) is 5.16. The molecule has 0 fully saturated rings. The number of rotatable bonds is 30. The maximum atomic E-state index is 12.3. The van der Waals surface area contributed by atoms with Gasteiger partial charge in [0.15, 0.2) is 0 Å². The van der Waals surface area contributed by atoms with Crippen LogP contribution in [0.3, 0.4) is 0 Å². The lowest BCUT2D eigenvalue weighted by Gasteiger charge is -2.26. The topological polar surface area (TPSA) is 89.8 Å². The fraction of sp³-hybridized carbons (Fsp3) is 0.912. The summed E-state index contributed by atoms with van der Waals surface area (Å²) in [6, 6.07) is -0.817. The van der Waals surface area contributed by atoms with Gasteiger partial charge in [-0.2, -0.15) is 0 Å². The minimum Gasteiger partial charge on any atom is -0.394 e. The van der Waals surface area contributed by atoms with Gasteiger partial charge in [0.25, 0.3) is 0 Å². The third-order valence-corrected chi connectivity index (χ3v) is 7.87. The number of unbranched alkanes of at least 4 members (excludes halogenated alkanes) is 20. The Labute approximate surface area is 242 Å². The molecule has 3 unspecified atom stereocenters. The molecule has 0 bridgehead atoms. The molecule has 0 aromatic carbocycles. The number of allylic oxidation sites excluding steroid dienone is 2. The third-order valence-electron chi connectivity index (χ3n) is 7.87. The first-order chi connectivity index (χ1) is 19.1. The quantitative estimate of drug-likeness (QED) is 0.0530. The van der Waals surface area contributed by atoms with Crippen molar-refractivity contribution < 1.29 is 20.1 Å². The molecule has 5 heteroatoms. The van der Waals surface area contributed by atoms with E-state index in [4.69, 9.17) is 0 Å². The van der Waals surface area contributed by atoms with Crippen molar-refractivity contribution in [1.29, 1.82) is 0 Å². The maximum absolute atomic E-state index is 12.3. The summed E-state index contributed by atoms with van der Waals surface area (Å²) in [5, 5.41) is 33.1. The second kappa shape index (κ2) is 30.1. The highest BCUT2D eigenvalue weighted by molar-refractivity contribution is 5.76. The smallest absolute Gasteiger partial charge is 0.220 e. The van der Waals surface area contributed by atoms with Gasteiger partial charge in [0.1, 0.15) is 6.10 Å². The fourth-order valence-corrected chi connectivity index (χ4v) is 5.16. The number of carbonyl (C=O) groups excluding carboxylic acids is 1. The summed E-state index contributed by atoms with van der Waals surface area (Å²) >= 11 is 0. The highest BCUT2D eigenvalue weighted by atomic mass is 16.3. The molecule has 0 aliphatic carbocycles. The number of aliphatic hydroxyl groups is 3. The van der Waals surface area contributed by atoms with Crippen LogP contribution < -0.4 is 5.32 Å². The van der Waals surface area contributed by atoms with Crippen LogP contribution in [0, 0.1) is 0 Å². The first-order valence-corrected chi connectivity index (χ1v) is 17.0. The van der Waals surface area contributed by atoms with E-state index < -0.39 is 18.2 Å². The zero-order valence-electron chi connectivity index (χ0n) is 26.0. The lowest BCUT2D eigenvalue weighted by Crippen LogP contribution is -2.50. The molecular weight excluding hydrogens is 486 g/mol. The van der Waals surface area contributed by atoms with E-state index in [9.17, 15) is 20.1 Å². The van der Waals surface area contributed by atoms with Crippen LogP contribution in [-0.4, -0.2) is 46.1 Å². The van der Waals surface area contributed by atoms with E-state index in [0.29, 0.717) is 12.8 Å². The molecule has 0 saturated carbocycles. The summed E-state index contributed by atoms with van der Waals surface area (Å²) < 4.78 is 0. The summed E-state index contributed by atoms with van der Waals surface area (Å²) in [6.45, 7) is 4.11. The number of nitrogens with one attached hydrogen (secondary N) is 1. The average molecular weight is 554 g/mol. The molecule has 0 aromatic rings. The summed E-state index contributed by atoms with van der Waals surface area (Å²) in [5.41, 5.74) is 0. The molecule has 39 heavy (non-hydrogen) atoms. The van der Waals surface area contributed by atoms with Crippen LogP contribution >= 0.6 is 0 Å². The predicted octanol–water partition coefficient (Wildman–Crippen LogP) is 8.53. The van der Waals surface area contributed by atoms with E-state index in [1.165, 1.54) is 109 Å². The minimum atomic E-state index is -1.15. The highest BCUT2D eigenvalue weighted by Gasteiger charge is 2.26. The average Bonchev–Trinajstić information content (AvgIpc) is 2.94. The zero-order valence-corrected chi connectivity index (χ0v) is 26.0. The summed E-state index contributed by atoms with van der Waals surface area (Å²) in [6.07, 6.45) is 31.6. The minimum absolute atomic E-state index is 0.156. The van der Waals surface area contributed by atoms with Gasteiger partial charge in [-0.1, -0.05) is 142 Å². The molecule has 0 aromatic heterocycles. The van der Waals surface area contributed by atoms with Gasteiger partial charge in [-0.3, -0.25) is 4.79 Å². The van der Waals surface area contributed by atoms with E-state index in [1.54, 1.807) is 0 Å². The Balaban J connectivity index is 3.69. The van der Waals surface area contributed by atoms with E-state index >= 15 is 0 Å². The van der Waals surface area contributed by atoms with Crippen molar-refractivity contribution >= 4 is 5.91 Å². The van der Waals surface area contributed by atoms with E-state index in [2.05, 4.69) is 31.3 Å². The lowest BCUT2D eigenvalue weighted by atomic mass is 10.0. The van der Waals surface area contributed by atoms with Crippen LogP contribution in [0.1, 0.15) is 174 Å². The standard InChI is InChI=1S/C34H67NO4/c1-3-5-7-9-11-13-14-15-16-17-18-19-21-23-25-27-29-33(38)35-31(30-36)34(39)32(37)28-26-24-22-20-12-10-8-6-4-2/h20,22,31-32,34,36-37,39H,3-19,21,23-30H2,1-2H3,(H,35,38)/b22-20+. The van der Waals surface area contributed by atoms with Gasteiger partial charge in [0.2, 0.25) is 5.91 Å². The van der Waals surface area contributed by atoms with Gasteiger partial charge in [0.05, 0.1) is 18.8 Å². The summed E-state index contributed by atoms with van der Waals surface area (Å²) in [5.74, 6) is -0.156. The van der Waals surface area contributed by atoms with Crippen LogP contribution in [0.5, 0.6) is 0 Å². The molecule has 232 valence electrons. The van der Waals surface area contributed by atoms with E-state index in [0.717, 1.165) is 38.5 Å². The Kier molecular flexibility index (Phi) is 29.4. The Morgan fingerprint density at radius 2 is 1.03 bits per heavy atom. The van der Waals surface area contributed by atoms with Gasteiger partial charge in [-0.05, 0) is 38.5 Å². The maximum Gasteiger partial charge on any atom is 0.220 e. The molecule has 0 heterocycles. The molecule has 0 spiro atoms. The molecule has 4 N–H and O–H groups in total. The molecular formula is C34H67NO4. The van der Waals surface area contributed by atoms with Gasteiger partial charge < -0.3 is 20.6 Å². The number of amides is 1. The molecule has 0 aliphatic heterocycles.